The molecule has 2 atom stereocenters. The van der Waals surface area contributed by atoms with Crippen molar-refractivity contribution in [3.63, 3.8) is 0 Å². The van der Waals surface area contributed by atoms with Crippen molar-refractivity contribution in [3.8, 4) is 11.5 Å². The molecule has 2 unspecified atom stereocenters. The maximum absolute atomic E-state index is 10.8. The molecule has 1 saturated heterocycles. The van der Waals surface area contributed by atoms with Gasteiger partial charge in [-0.15, -0.1) is 0 Å². The Bertz CT molecular complexity index is 519. The first kappa shape index (κ1) is 15.6. The molecule has 1 aromatic rings. The van der Waals surface area contributed by atoms with Crippen LogP contribution in [0.3, 0.4) is 0 Å². The van der Waals surface area contributed by atoms with Gasteiger partial charge in [0, 0.05) is 31.1 Å². The van der Waals surface area contributed by atoms with Gasteiger partial charge >= 0.3 is 0 Å². The highest BCUT2D eigenvalue weighted by Crippen LogP contribution is 2.40. The Morgan fingerprint density at radius 2 is 2.09 bits per heavy atom. The van der Waals surface area contributed by atoms with Crippen LogP contribution < -0.4 is 9.47 Å². The summed E-state index contributed by atoms with van der Waals surface area (Å²) >= 11 is 0. The predicted molar refractivity (Wildman–Crippen MR) is 86.3 cm³/mol. The Balaban J connectivity index is 1.71. The number of piperidine rings is 1. The van der Waals surface area contributed by atoms with E-state index >= 15 is 0 Å². The van der Waals surface area contributed by atoms with E-state index in [9.17, 15) is 5.11 Å². The van der Waals surface area contributed by atoms with Gasteiger partial charge in [-0.05, 0) is 37.5 Å². The molecule has 0 bridgehead atoms. The first-order valence-electron chi connectivity index (χ1n) is 8.30. The van der Waals surface area contributed by atoms with Crippen LogP contribution in [0.4, 0.5) is 0 Å². The highest BCUT2D eigenvalue weighted by Gasteiger charge is 2.42. The average Bonchev–Trinajstić information content (AvgIpc) is 2.55. The van der Waals surface area contributed by atoms with Crippen LogP contribution in [0.15, 0.2) is 18.2 Å². The molecule has 2 fully saturated rings. The van der Waals surface area contributed by atoms with Crippen molar-refractivity contribution in [3.05, 3.63) is 23.8 Å². The monoisotopic (exact) mass is 305 g/mol. The second kappa shape index (κ2) is 6.47. The van der Waals surface area contributed by atoms with Crippen LogP contribution in [0.1, 0.15) is 37.7 Å². The minimum Gasteiger partial charge on any atom is -0.497 e. The van der Waals surface area contributed by atoms with Gasteiger partial charge in [0.25, 0.3) is 0 Å². The molecule has 1 aliphatic heterocycles. The number of likely N-dealkylation sites (tertiary alicyclic amines) is 1. The third-order valence-electron chi connectivity index (χ3n) is 5.39. The largest absolute Gasteiger partial charge is 0.497 e. The summed E-state index contributed by atoms with van der Waals surface area (Å²) in [6.07, 6.45) is 5.46. The van der Waals surface area contributed by atoms with E-state index in [1.54, 1.807) is 14.2 Å². The van der Waals surface area contributed by atoms with E-state index in [2.05, 4.69) is 11.0 Å². The number of methoxy groups -OCH3 is 2. The number of hydrogen-bond acceptors (Lipinski definition) is 4. The Kier molecular flexibility index (Phi) is 4.59. The first-order chi connectivity index (χ1) is 10.6. The van der Waals surface area contributed by atoms with E-state index in [1.165, 1.54) is 12.8 Å². The van der Waals surface area contributed by atoms with E-state index in [0.717, 1.165) is 56.0 Å². The summed E-state index contributed by atoms with van der Waals surface area (Å²) in [5.74, 6) is 2.19. The average molecular weight is 305 g/mol. The topological polar surface area (TPSA) is 41.9 Å². The molecule has 122 valence electrons. The van der Waals surface area contributed by atoms with Gasteiger partial charge in [0.2, 0.25) is 0 Å². The Labute approximate surface area is 133 Å². The van der Waals surface area contributed by atoms with Crippen molar-refractivity contribution < 1.29 is 14.6 Å². The number of nitrogens with zero attached hydrogens (tertiary/aromatic N) is 1. The fourth-order valence-electron chi connectivity index (χ4n) is 4.03. The highest BCUT2D eigenvalue weighted by molar-refractivity contribution is 5.40. The number of rotatable bonds is 4. The highest BCUT2D eigenvalue weighted by atomic mass is 16.5. The third-order valence-corrected chi connectivity index (χ3v) is 5.39. The number of ether oxygens (including phenoxy) is 2. The summed E-state index contributed by atoms with van der Waals surface area (Å²) in [5.41, 5.74) is 0.746. The van der Waals surface area contributed by atoms with Gasteiger partial charge in [0.1, 0.15) is 11.5 Å². The lowest BCUT2D eigenvalue weighted by Gasteiger charge is -2.47. The van der Waals surface area contributed by atoms with Crippen LogP contribution in [0.25, 0.3) is 0 Å². The van der Waals surface area contributed by atoms with Crippen LogP contribution in [-0.4, -0.2) is 42.9 Å². The Morgan fingerprint density at radius 3 is 2.86 bits per heavy atom. The van der Waals surface area contributed by atoms with Crippen molar-refractivity contribution in [2.45, 2.75) is 44.2 Å². The maximum atomic E-state index is 10.8. The lowest BCUT2D eigenvalue weighted by molar-refractivity contribution is -0.0968. The minimum atomic E-state index is -0.410. The van der Waals surface area contributed by atoms with Crippen LogP contribution in [0.2, 0.25) is 0 Å². The lowest BCUT2D eigenvalue weighted by Crippen LogP contribution is -2.52. The molecule has 1 aromatic carbocycles. The standard InChI is InChI=1S/C18H27NO3/c1-21-16-6-7-17(22-2)14(11-16)12-19-10-9-18(20)8-4-3-5-15(18)13-19/h6-7,11,15,20H,3-5,8-10,12-13H2,1-2H3. The SMILES string of the molecule is COc1ccc(OC)c(CN2CCC3(O)CCCCC3C2)c1. The van der Waals surface area contributed by atoms with Crippen molar-refractivity contribution in [2.24, 2.45) is 5.92 Å². The summed E-state index contributed by atoms with van der Waals surface area (Å²) in [5, 5.41) is 10.8. The van der Waals surface area contributed by atoms with Gasteiger partial charge in [0.15, 0.2) is 0 Å². The van der Waals surface area contributed by atoms with E-state index in [-0.39, 0.29) is 0 Å². The molecular weight excluding hydrogens is 278 g/mol. The molecule has 0 spiro atoms. The third kappa shape index (κ3) is 3.08. The fourth-order valence-corrected chi connectivity index (χ4v) is 4.03. The Hall–Kier alpha value is -1.26. The van der Waals surface area contributed by atoms with E-state index in [1.807, 2.05) is 12.1 Å². The zero-order valence-electron chi connectivity index (χ0n) is 13.7. The van der Waals surface area contributed by atoms with Crippen molar-refractivity contribution in [2.75, 3.05) is 27.3 Å². The molecule has 0 aromatic heterocycles. The van der Waals surface area contributed by atoms with Gasteiger partial charge < -0.3 is 14.6 Å². The van der Waals surface area contributed by atoms with Crippen molar-refractivity contribution in [1.29, 1.82) is 0 Å². The molecule has 1 aliphatic carbocycles. The number of benzene rings is 1. The smallest absolute Gasteiger partial charge is 0.123 e. The molecule has 0 amide bonds. The van der Waals surface area contributed by atoms with Gasteiger partial charge in [-0.1, -0.05) is 12.8 Å². The van der Waals surface area contributed by atoms with Gasteiger partial charge in [-0.25, -0.2) is 0 Å². The molecule has 1 heterocycles. The second-order valence-corrected chi connectivity index (χ2v) is 6.71. The van der Waals surface area contributed by atoms with Gasteiger partial charge in [0.05, 0.1) is 19.8 Å². The summed E-state index contributed by atoms with van der Waals surface area (Å²) < 4.78 is 10.8. The van der Waals surface area contributed by atoms with E-state index < -0.39 is 5.60 Å². The first-order valence-corrected chi connectivity index (χ1v) is 8.30. The molecule has 4 nitrogen and oxygen atoms in total. The molecule has 1 N–H and O–H groups in total. The molecule has 1 saturated carbocycles. The number of hydrogen-bond donors (Lipinski definition) is 1. The van der Waals surface area contributed by atoms with Gasteiger partial charge in [-0.3, -0.25) is 4.90 Å². The molecule has 0 radical (unpaired) electrons. The lowest BCUT2D eigenvalue weighted by atomic mass is 9.71. The van der Waals surface area contributed by atoms with Crippen molar-refractivity contribution in [1.82, 2.24) is 4.90 Å². The Morgan fingerprint density at radius 1 is 1.23 bits per heavy atom. The molecule has 2 aliphatic rings. The zero-order valence-corrected chi connectivity index (χ0v) is 13.7. The molecular formula is C18H27NO3. The number of fused-ring (bicyclic) bond motifs is 1. The summed E-state index contributed by atoms with van der Waals surface area (Å²) in [6.45, 7) is 2.79. The van der Waals surface area contributed by atoms with Crippen molar-refractivity contribution >= 4 is 0 Å². The second-order valence-electron chi connectivity index (χ2n) is 6.71. The molecule has 4 heteroatoms. The zero-order chi connectivity index (χ0) is 15.6. The van der Waals surface area contributed by atoms with E-state index in [4.69, 9.17) is 9.47 Å². The summed E-state index contributed by atoms with van der Waals surface area (Å²) in [6, 6.07) is 5.95. The normalized spacial score (nSPS) is 29.0. The van der Waals surface area contributed by atoms with Crippen LogP contribution in [0.5, 0.6) is 11.5 Å². The summed E-state index contributed by atoms with van der Waals surface area (Å²) in [4.78, 5) is 2.45. The molecule has 3 rings (SSSR count). The van der Waals surface area contributed by atoms with Crippen LogP contribution in [-0.2, 0) is 6.54 Å². The fraction of sp³-hybridized carbons (Fsp3) is 0.667. The van der Waals surface area contributed by atoms with Gasteiger partial charge in [-0.2, -0.15) is 0 Å². The van der Waals surface area contributed by atoms with E-state index in [0.29, 0.717) is 5.92 Å². The molecule has 22 heavy (non-hydrogen) atoms. The minimum absolute atomic E-state index is 0.410. The maximum Gasteiger partial charge on any atom is 0.123 e. The van der Waals surface area contributed by atoms with Crippen LogP contribution >= 0.6 is 0 Å². The van der Waals surface area contributed by atoms with Crippen LogP contribution in [0, 0.1) is 5.92 Å². The number of aliphatic hydroxyl groups is 1. The quantitative estimate of drug-likeness (QED) is 0.929. The summed E-state index contributed by atoms with van der Waals surface area (Å²) in [7, 11) is 3.40. The predicted octanol–water partition coefficient (Wildman–Crippen LogP) is 2.83.